The molecule has 4 aromatic rings. The highest BCUT2D eigenvalue weighted by Crippen LogP contribution is 2.31. The predicted octanol–water partition coefficient (Wildman–Crippen LogP) is 2.84. The summed E-state index contributed by atoms with van der Waals surface area (Å²) in [4.78, 5) is 40.0. The number of aromatic amines is 1. The molecule has 5 rings (SSSR count). The number of carbonyl (C=O) groups excluding carboxylic acids is 3. The smallest absolute Gasteiger partial charge is 0.325 e. The molecular weight excluding hydrogens is 458 g/mol. The Hall–Kier alpha value is -4.60. The standard InChI is InChI=1S/C26H25N7O3/c1-25(2,19-11-9-17(10-12-19)22-29-31-32-30-22)27-21(34)15-33-23(35)26(3,28-24(33)36)20-13-8-16-6-4-5-7-18(16)14-20/h4-14H,15H2,1-3H3,(H,27,34)(H,28,36)(H,29,30,31,32). The Morgan fingerprint density at radius 1 is 1.03 bits per heavy atom. The summed E-state index contributed by atoms with van der Waals surface area (Å²) in [5.41, 5.74) is 0.253. The Kier molecular flexibility index (Phi) is 5.51. The topological polar surface area (TPSA) is 133 Å². The fraction of sp³-hybridized carbons (Fsp3) is 0.231. The van der Waals surface area contributed by atoms with Gasteiger partial charge < -0.3 is 10.6 Å². The van der Waals surface area contributed by atoms with Crippen molar-refractivity contribution < 1.29 is 14.4 Å². The highest BCUT2D eigenvalue weighted by atomic mass is 16.2. The predicted molar refractivity (Wildman–Crippen MR) is 132 cm³/mol. The van der Waals surface area contributed by atoms with E-state index in [0.29, 0.717) is 11.4 Å². The van der Waals surface area contributed by atoms with E-state index >= 15 is 0 Å². The summed E-state index contributed by atoms with van der Waals surface area (Å²) in [5, 5.41) is 21.6. The lowest BCUT2D eigenvalue weighted by atomic mass is 9.90. The summed E-state index contributed by atoms with van der Waals surface area (Å²) in [7, 11) is 0. The zero-order chi connectivity index (χ0) is 25.5. The van der Waals surface area contributed by atoms with E-state index in [9.17, 15) is 14.4 Å². The third-order valence-corrected chi connectivity index (χ3v) is 6.57. The van der Waals surface area contributed by atoms with E-state index in [1.165, 1.54) is 0 Å². The fourth-order valence-electron chi connectivity index (χ4n) is 4.46. The number of imide groups is 1. The van der Waals surface area contributed by atoms with Crippen LogP contribution in [-0.4, -0.2) is 49.9 Å². The summed E-state index contributed by atoms with van der Waals surface area (Å²) in [6.45, 7) is 4.96. The highest BCUT2D eigenvalue weighted by Gasteiger charge is 2.49. The van der Waals surface area contributed by atoms with Crippen molar-refractivity contribution in [3.05, 3.63) is 77.9 Å². The molecule has 182 valence electrons. The van der Waals surface area contributed by atoms with Crippen LogP contribution in [0.1, 0.15) is 31.9 Å². The SMILES string of the molecule is CC(C)(NC(=O)CN1C(=O)NC(C)(c2ccc3ccccc3c2)C1=O)c1ccc(-c2nn[nH]n2)cc1. The molecule has 0 aliphatic carbocycles. The van der Waals surface area contributed by atoms with Crippen LogP contribution in [0.4, 0.5) is 4.79 Å². The zero-order valence-electron chi connectivity index (χ0n) is 20.1. The second kappa shape index (κ2) is 8.56. The maximum atomic E-state index is 13.3. The molecule has 0 radical (unpaired) electrons. The number of amides is 4. The molecule has 10 heteroatoms. The molecule has 3 N–H and O–H groups in total. The van der Waals surface area contributed by atoms with Gasteiger partial charge in [0.25, 0.3) is 5.91 Å². The van der Waals surface area contributed by atoms with Crippen molar-refractivity contribution in [1.29, 1.82) is 0 Å². The minimum absolute atomic E-state index is 0.391. The van der Waals surface area contributed by atoms with Crippen LogP contribution in [0, 0.1) is 0 Å². The van der Waals surface area contributed by atoms with E-state index in [0.717, 1.165) is 26.8 Å². The molecule has 1 fully saturated rings. The molecule has 2 heterocycles. The van der Waals surface area contributed by atoms with Gasteiger partial charge >= 0.3 is 6.03 Å². The first-order valence-corrected chi connectivity index (χ1v) is 11.5. The Morgan fingerprint density at radius 3 is 2.44 bits per heavy atom. The number of hydrogen-bond donors (Lipinski definition) is 3. The third kappa shape index (κ3) is 4.06. The molecule has 1 aliphatic rings. The Morgan fingerprint density at radius 2 is 1.75 bits per heavy atom. The number of nitrogens with one attached hydrogen (secondary N) is 3. The van der Waals surface area contributed by atoms with Crippen LogP contribution in [0.25, 0.3) is 22.2 Å². The number of fused-ring (bicyclic) bond motifs is 1. The van der Waals surface area contributed by atoms with Crippen LogP contribution in [0.5, 0.6) is 0 Å². The van der Waals surface area contributed by atoms with E-state index in [1.54, 1.807) is 6.92 Å². The molecular formula is C26H25N7O3. The number of hydrogen-bond acceptors (Lipinski definition) is 6. The van der Waals surface area contributed by atoms with Gasteiger partial charge in [-0.25, -0.2) is 4.79 Å². The second-order valence-corrected chi connectivity index (χ2v) is 9.49. The first-order chi connectivity index (χ1) is 17.2. The number of benzene rings is 3. The molecule has 3 aromatic carbocycles. The van der Waals surface area contributed by atoms with Crippen molar-refractivity contribution in [1.82, 2.24) is 36.2 Å². The van der Waals surface area contributed by atoms with Gasteiger partial charge in [0.15, 0.2) is 0 Å². The van der Waals surface area contributed by atoms with Crippen LogP contribution in [0.2, 0.25) is 0 Å². The lowest BCUT2D eigenvalue weighted by molar-refractivity contribution is -0.135. The van der Waals surface area contributed by atoms with Crippen molar-refractivity contribution in [3.63, 3.8) is 0 Å². The highest BCUT2D eigenvalue weighted by molar-refractivity contribution is 6.09. The lowest BCUT2D eigenvalue weighted by Gasteiger charge is -2.28. The van der Waals surface area contributed by atoms with Crippen LogP contribution in [-0.2, 0) is 20.7 Å². The number of urea groups is 1. The van der Waals surface area contributed by atoms with E-state index in [2.05, 4.69) is 31.3 Å². The monoisotopic (exact) mass is 483 g/mol. The number of H-pyrrole nitrogens is 1. The molecule has 10 nitrogen and oxygen atoms in total. The van der Waals surface area contributed by atoms with Crippen molar-refractivity contribution in [2.45, 2.75) is 31.8 Å². The Labute approximate surface area is 207 Å². The quantitative estimate of drug-likeness (QED) is 0.361. The molecule has 1 aliphatic heterocycles. The molecule has 1 saturated heterocycles. The van der Waals surface area contributed by atoms with Crippen molar-refractivity contribution in [2.75, 3.05) is 6.54 Å². The van der Waals surface area contributed by atoms with Crippen molar-refractivity contribution in [3.8, 4) is 11.4 Å². The first kappa shape index (κ1) is 23.2. The largest absolute Gasteiger partial charge is 0.346 e. The lowest BCUT2D eigenvalue weighted by Crippen LogP contribution is -2.48. The van der Waals surface area contributed by atoms with E-state index < -0.39 is 35.5 Å². The number of aromatic nitrogens is 4. The maximum Gasteiger partial charge on any atom is 0.325 e. The van der Waals surface area contributed by atoms with Gasteiger partial charge in [0.1, 0.15) is 12.1 Å². The van der Waals surface area contributed by atoms with Gasteiger partial charge in [0.2, 0.25) is 11.7 Å². The van der Waals surface area contributed by atoms with Crippen LogP contribution < -0.4 is 10.6 Å². The third-order valence-electron chi connectivity index (χ3n) is 6.57. The number of carbonyl (C=O) groups is 3. The number of rotatable bonds is 6. The average Bonchev–Trinajstić information content (AvgIpc) is 3.47. The summed E-state index contributed by atoms with van der Waals surface area (Å²) in [6, 6.07) is 20.2. The summed E-state index contributed by atoms with van der Waals surface area (Å²) in [5.74, 6) is -0.454. The second-order valence-electron chi connectivity index (χ2n) is 9.49. The Bertz CT molecular complexity index is 1460. The molecule has 0 saturated carbocycles. The molecule has 1 atom stereocenters. The van der Waals surface area contributed by atoms with E-state index in [-0.39, 0.29) is 0 Å². The fourth-order valence-corrected chi connectivity index (χ4v) is 4.46. The summed E-state index contributed by atoms with van der Waals surface area (Å²) < 4.78 is 0. The van der Waals surface area contributed by atoms with Gasteiger partial charge in [0.05, 0.1) is 5.54 Å². The van der Waals surface area contributed by atoms with Gasteiger partial charge in [-0.2, -0.15) is 5.21 Å². The minimum Gasteiger partial charge on any atom is -0.346 e. The van der Waals surface area contributed by atoms with Crippen LogP contribution >= 0.6 is 0 Å². The van der Waals surface area contributed by atoms with E-state index in [1.807, 2.05) is 80.6 Å². The van der Waals surface area contributed by atoms with Crippen LogP contribution in [0.15, 0.2) is 66.7 Å². The normalized spacial score (nSPS) is 17.9. The summed E-state index contributed by atoms with van der Waals surface area (Å²) in [6.07, 6.45) is 0. The van der Waals surface area contributed by atoms with Crippen molar-refractivity contribution >= 4 is 28.6 Å². The zero-order valence-corrected chi connectivity index (χ0v) is 20.1. The molecule has 0 spiro atoms. The van der Waals surface area contributed by atoms with Gasteiger partial charge in [-0.05, 0) is 54.0 Å². The molecule has 36 heavy (non-hydrogen) atoms. The molecule has 1 unspecified atom stereocenters. The van der Waals surface area contributed by atoms with Gasteiger partial charge in [-0.15, -0.1) is 10.2 Å². The van der Waals surface area contributed by atoms with Gasteiger partial charge in [0, 0.05) is 5.56 Å². The molecule has 4 amide bonds. The number of nitrogens with zero attached hydrogens (tertiary/aromatic N) is 4. The average molecular weight is 484 g/mol. The molecule has 1 aromatic heterocycles. The molecule has 0 bridgehead atoms. The summed E-state index contributed by atoms with van der Waals surface area (Å²) >= 11 is 0. The van der Waals surface area contributed by atoms with Gasteiger partial charge in [-0.1, -0.05) is 60.7 Å². The number of tetrazole rings is 1. The Balaban J connectivity index is 1.29. The van der Waals surface area contributed by atoms with Gasteiger partial charge in [-0.3, -0.25) is 14.5 Å². The van der Waals surface area contributed by atoms with E-state index in [4.69, 9.17) is 0 Å². The van der Waals surface area contributed by atoms with Crippen LogP contribution in [0.3, 0.4) is 0 Å². The first-order valence-electron chi connectivity index (χ1n) is 11.5. The van der Waals surface area contributed by atoms with Crippen molar-refractivity contribution in [2.24, 2.45) is 0 Å². The maximum absolute atomic E-state index is 13.3. The minimum atomic E-state index is -1.26.